The van der Waals surface area contributed by atoms with E-state index in [0.717, 1.165) is 19.3 Å². The Kier molecular flexibility index (Phi) is 7.15. The van der Waals surface area contributed by atoms with Crippen LogP contribution in [-0.2, 0) is 21.6 Å². The summed E-state index contributed by atoms with van der Waals surface area (Å²) >= 11 is 0. The third kappa shape index (κ3) is 4.84. The summed E-state index contributed by atoms with van der Waals surface area (Å²) in [7, 11) is 0. The highest BCUT2D eigenvalue weighted by atomic mass is 16.6. The van der Waals surface area contributed by atoms with Crippen LogP contribution in [0.2, 0.25) is 0 Å². The predicted octanol–water partition coefficient (Wildman–Crippen LogP) is 4.69. The Morgan fingerprint density at radius 1 is 0.833 bits per heavy atom. The zero-order chi connectivity index (χ0) is 21.4. The molecule has 0 aromatic heterocycles. The molecular weight excluding hydrogens is 376 g/mol. The first-order valence-corrected chi connectivity index (χ1v) is 10.2. The largest absolute Gasteiger partial charge is 0.455 e. The highest BCUT2D eigenvalue weighted by molar-refractivity contribution is 5.98. The Morgan fingerprint density at radius 2 is 1.37 bits per heavy atom. The zero-order valence-electron chi connectivity index (χ0n) is 17.1. The van der Waals surface area contributed by atoms with Gasteiger partial charge in [-0.3, -0.25) is 4.79 Å². The lowest BCUT2D eigenvalue weighted by Gasteiger charge is -2.26. The summed E-state index contributed by atoms with van der Waals surface area (Å²) in [5.74, 6) is -1.19. The highest BCUT2D eigenvalue weighted by Gasteiger charge is 2.41. The molecule has 1 N–H and O–H groups in total. The van der Waals surface area contributed by atoms with Gasteiger partial charge >= 0.3 is 5.97 Å². The number of Topliss-reactive ketones (excluding diaryl/α,β-unsaturated/α-hetero) is 1. The van der Waals surface area contributed by atoms with E-state index in [9.17, 15) is 14.7 Å². The van der Waals surface area contributed by atoms with E-state index in [1.807, 2.05) is 12.1 Å². The summed E-state index contributed by atoms with van der Waals surface area (Å²) in [6.45, 7) is 1.70. The van der Waals surface area contributed by atoms with Crippen LogP contribution in [0.25, 0.3) is 0 Å². The third-order valence-electron chi connectivity index (χ3n) is 5.11. The lowest BCUT2D eigenvalue weighted by molar-refractivity contribution is -0.160. The van der Waals surface area contributed by atoms with Crippen LogP contribution in [-0.4, -0.2) is 23.5 Å². The van der Waals surface area contributed by atoms with E-state index in [0.29, 0.717) is 16.7 Å². The smallest absolute Gasteiger partial charge is 0.348 e. The molecule has 3 aromatic carbocycles. The molecule has 3 aromatic rings. The molecule has 0 aliphatic carbocycles. The van der Waals surface area contributed by atoms with Crippen LogP contribution >= 0.6 is 0 Å². The number of aryl methyl sites for hydroxylation is 1. The SMILES string of the molecule is CCCCc1ccc(C(=O)COC(=O)C(O)(c2ccccc2)c2ccccc2)cc1. The number of hydrogen-bond donors (Lipinski definition) is 1. The molecule has 0 radical (unpaired) electrons. The third-order valence-corrected chi connectivity index (χ3v) is 5.11. The number of rotatable bonds is 9. The number of carbonyl (C=O) groups excluding carboxylic acids is 2. The maximum atomic E-state index is 12.9. The topological polar surface area (TPSA) is 63.6 Å². The van der Waals surface area contributed by atoms with E-state index in [4.69, 9.17) is 4.74 Å². The van der Waals surface area contributed by atoms with Gasteiger partial charge in [0, 0.05) is 5.56 Å². The van der Waals surface area contributed by atoms with Crippen LogP contribution in [0.3, 0.4) is 0 Å². The molecule has 0 saturated carbocycles. The van der Waals surface area contributed by atoms with Crippen molar-refractivity contribution in [1.29, 1.82) is 0 Å². The summed E-state index contributed by atoms with van der Waals surface area (Å²) in [4.78, 5) is 25.5. The van der Waals surface area contributed by atoms with Gasteiger partial charge in [-0.05, 0) is 29.5 Å². The molecule has 0 atom stereocenters. The van der Waals surface area contributed by atoms with Crippen molar-refractivity contribution in [3.05, 3.63) is 107 Å². The first-order chi connectivity index (χ1) is 14.6. The summed E-state index contributed by atoms with van der Waals surface area (Å²) in [5, 5.41) is 11.3. The normalized spacial score (nSPS) is 11.1. The predicted molar refractivity (Wildman–Crippen MR) is 116 cm³/mol. The van der Waals surface area contributed by atoms with E-state index >= 15 is 0 Å². The lowest BCUT2D eigenvalue weighted by atomic mass is 9.86. The average Bonchev–Trinajstić information content (AvgIpc) is 2.81. The second kappa shape index (κ2) is 9.99. The van der Waals surface area contributed by atoms with Crippen LogP contribution in [0.1, 0.15) is 46.8 Å². The molecule has 154 valence electrons. The number of unbranched alkanes of at least 4 members (excludes halogenated alkanes) is 1. The lowest BCUT2D eigenvalue weighted by Crippen LogP contribution is -2.39. The highest BCUT2D eigenvalue weighted by Crippen LogP contribution is 2.31. The van der Waals surface area contributed by atoms with Crippen molar-refractivity contribution in [1.82, 2.24) is 0 Å². The molecule has 30 heavy (non-hydrogen) atoms. The standard InChI is InChI=1S/C26H26O4/c1-2-3-10-20-15-17-21(18-16-20)24(27)19-30-25(28)26(29,22-11-6-4-7-12-22)23-13-8-5-9-14-23/h4-9,11-18,29H,2-3,10,19H2,1H3. The van der Waals surface area contributed by atoms with E-state index in [-0.39, 0.29) is 5.78 Å². The van der Waals surface area contributed by atoms with Crippen molar-refractivity contribution in [2.75, 3.05) is 6.61 Å². The van der Waals surface area contributed by atoms with Crippen molar-refractivity contribution in [3.8, 4) is 0 Å². The minimum absolute atomic E-state index is 0.311. The van der Waals surface area contributed by atoms with Crippen LogP contribution in [0.5, 0.6) is 0 Å². The Hall–Kier alpha value is -3.24. The molecular formula is C26H26O4. The van der Waals surface area contributed by atoms with Gasteiger partial charge in [-0.2, -0.15) is 0 Å². The number of ketones is 1. The van der Waals surface area contributed by atoms with Crippen molar-refractivity contribution in [3.63, 3.8) is 0 Å². The second-order valence-corrected chi connectivity index (χ2v) is 7.24. The summed E-state index contributed by atoms with van der Waals surface area (Å²) < 4.78 is 5.29. The number of carbonyl (C=O) groups is 2. The quantitative estimate of drug-likeness (QED) is 0.417. The summed E-state index contributed by atoms with van der Waals surface area (Å²) in [6, 6.07) is 24.5. The zero-order valence-corrected chi connectivity index (χ0v) is 17.1. The summed E-state index contributed by atoms with van der Waals surface area (Å²) in [6.07, 6.45) is 3.19. The molecule has 3 rings (SSSR count). The van der Waals surface area contributed by atoms with Crippen molar-refractivity contribution >= 4 is 11.8 Å². The Morgan fingerprint density at radius 3 is 1.87 bits per heavy atom. The molecule has 0 aliphatic rings. The van der Waals surface area contributed by atoms with Gasteiger partial charge in [0.05, 0.1) is 0 Å². The van der Waals surface area contributed by atoms with E-state index in [2.05, 4.69) is 6.92 Å². The molecule has 0 fully saturated rings. The minimum atomic E-state index is -1.99. The first-order valence-electron chi connectivity index (χ1n) is 10.2. The molecule has 0 heterocycles. The molecule has 0 saturated heterocycles. The van der Waals surface area contributed by atoms with Gasteiger partial charge in [-0.25, -0.2) is 4.79 Å². The maximum Gasteiger partial charge on any atom is 0.348 e. The molecule has 4 heteroatoms. The van der Waals surface area contributed by atoms with Crippen molar-refractivity contribution in [2.45, 2.75) is 31.8 Å². The maximum absolute atomic E-state index is 12.9. The fraction of sp³-hybridized carbons (Fsp3) is 0.231. The van der Waals surface area contributed by atoms with E-state index in [1.165, 1.54) is 5.56 Å². The van der Waals surface area contributed by atoms with Crippen molar-refractivity contribution < 1.29 is 19.4 Å². The van der Waals surface area contributed by atoms with Crippen molar-refractivity contribution in [2.24, 2.45) is 0 Å². The molecule has 4 nitrogen and oxygen atoms in total. The minimum Gasteiger partial charge on any atom is -0.455 e. The van der Waals surface area contributed by atoms with Gasteiger partial charge in [-0.15, -0.1) is 0 Å². The first kappa shape index (κ1) is 21.5. The van der Waals surface area contributed by atoms with Crippen LogP contribution in [0.4, 0.5) is 0 Å². The number of esters is 1. The van der Waals surface area contributed by atoms with Gasteiger partial charge in [0.15, 0.2) is 12.4 Å². The van der Waals surface area contributed by atoms with Crippen LogP contribution in [0, 0.1) is 0 Å². The Bertz CT molecular complexity index is 923. The number of hydrogen-bond acceptors (Lipinski definition) is 4. The number of aliphatic hydroxyl groups is 1. The van der Waals surface area contributed by atoms with Gasteiger partial charge in [0.2, 0.25) is 5.60 Å². The molecule has 0 spiro atoms. The molecule has 0 unspecified atom stereocenters. The number of ether oxygens (including phenoxy) is 1. The van der Waals surface area contributed by atoms with E-state index in [1.54, 1.807) is 72.8 Å². The Labute approximate surface area is 177 Å². The number of benzene rings is 3. The molecule has 0 bridgehead atoms. The second-order valence-electron chi connectivity index (χ2n) is 7.24. The monoisotopic (exact) mass is 402 g/mol. The molecule has 0 amide bonds. The van der Waals surface area contributed by atoms with Crippen LogP contribution < -0.4 is 0 Å². The van der Waals surface area contributed by atoms with Crippen LogP contribution in [0.15, 0.2) is 84.9 Å². The Balaban J connectivity index is 1.74. The molecule has 0 aliphatic heterocycles. The average molecular weight is 402 g/mol. The summed E-state index contributed by atoms with van der Waals surface area (Å²) in [5.41, 5.74) is 0.425. The van der Waals surface area contributed by atoms with Gasteiger partial charge in [0.25, 0.3) is 0 Å². The fourth-order valence-corrected chi connectivity index (χ4v) is 3.32. The van der Waals surface area contributed by atoms with Gasteiger partial charge < -0.3 is 9.84 Å². The van der Waals surface area contributed by atoms with E-state index < -0.39 is 18.2 Å². The fourth-order valence-electron chi connectivity index (χ4n) is 3.32. The van der Waals surface area contributed by atoms with Gasteiger partial charge in [0.1, 0.15) is 0 Å². The van der Waals surface area contributed by atoms with Gasteiger partial charge in [-0.1, -0.05) is 98.3 Å².